The zero-order valence-corrected chi connectivity index (χ0v) is 20.0. The molecule has 1 saturated heterocycles. The molecule has 32 heavy (non-hydrogen) atoms. The van der Waals surface area contributed by atoms with E-state index in [-0.39, 0.29) is 25.0 Å². The van der Waals surface area contributed by atoms with E-state index in [1.165, 1.54) is 4.90 Å². The molecule has 6 nitrogen and oxygen atoms in total. The predicted molar refractivity (Wildman–Crippen MR) is 128 cm³/mol. The smallest absolute Gasteiger partial charge is 0.256 e. The molecule has 1 heterocycles. The molecule has 3 rings (SSSR count). The zero-order valence-electron chi connectivity index (χ0n) is 19.3. The fraction of sp³-hybridized carbons (Fsp3) is 0.440. The van der Waals surface area contributed by atoms with Crippen LogP contribution in [0.4, 0.5) is 5.69 Å². The van der Waals surface area contributed by atoms with Crippen LogP contribution in [-0.4, -0.2) is 49.2 Å². The molecule has 2 amide bonds. The number of aryl methyl sites for hydroxylation is 3. The van der Waals surface area contributed by atoms with E-state index in [0.717, 1.165) is 27.9 Å². The molecule has 0 unspecified atom stereocenters. The third kappa shape index (κ3) is 5.88. The van der Waals surface area contributed by atoms with E-state index < -0.39 is 5.60 Å². The van der Waals surface area contributed by atoms with E-state index >= 15 is 0 Å². The van der Waals surface area contributed by atoms with Gasteiger partial charge in [-0.15, -0.1) is 0 Å². The SMILES string of the molecule is Cc1ccc(NC(=O)C2(OCN(C)C(=O)Cc3c(C)cc(Cl)cc3C)CCNCC2)cc1. The first-order valence-corrected chi connectivity index (χ1v) is 11.3. The minimum atomic E-state index is -0.975. The van der Waals surface area contributed by atoms with Crippen LogP contribution in [0.1, 0.15) is 35.1 Å². The first-order valence-electron chi connectivity index (χ1n) is 10.9. The van der Waals surface area contributed by atoms with E-state index in [1.807, 2.05) is 57.2 Å². The number of piperidine rings is 1. The number of hydrogen-bond acceptors (Lipinski definition) is 4. The van der Waals surface area contributed by atoms with Crippen LogP contribution >= 0.6 is 11.6 Å². The molecule has 1 fully saturated rings. The third-order valence-electron chi connectivity index (χ3n) is 6.08. The molecule has 7 heteroatoms. The summed E-state index contributed by atoms with van der Waals surface area (Å²) in [5, 5.41) is 6.93. The molecule has 0 radical (unpaired) electrons. The molecule has 1 aliphatic rings. The van der Waals surface area contributed by atoms with Crippen LogP contribution in [-0.2, 0) is 20.7 Å². The van der Waals surface area contributed by atoms with Crippen molar-refractivity contribution in [2.75, 3.05) is 32.2 Å². The number of nitrogens with zero attached hydrogens (tertiary/aromatic N) is 1. The summed E-state index contributed by atoms with van der Waals surface area (Å²) in [7, 11) is 1.70. The fourth-order valence-corrected chi connectivity index (χ4v) is 4.27. The van der Waals surface area contributed by atoms with Gasteiger partial charge in [0.2, 0.25) is 5.91 Å². The van der Waals surface area contributed by atoms with E-state index in [4.69, 9.17) is 16.3 Å². The molecule has 0 aromatic heterocycles. The van der Waals surface area contributed by atoms with Gasteiger partial charge in [0, 0.05) is 17.8 Å². The van der Waals surface area contributed by atoms with Crippen molar-refractivity contribution < 1.29 is 14.3 Å². The number of amides is 2. The van der Waals surface area contributed by atoms with Crippen molar-refractivity contribution in [1.82, 2.24) is 10.2 Å². The Bertz CT molecular complexity index is 946. The van der Waals surface area contributed by atoms with Gasteiger partial charge in [-0.05, 0) is 87.7 Å². The van der Waals surface area contributed by atoms with Crippen LogP contribution in [0.3, 0.4) is 0 Å². The average Bonchev–Trinajstić information content (AvgIpc) is 2.76. The van der Waals surface area contributed by atoms with E-state index in [1.54, 1.807) is 7.05 Å². The Balaban J connectivity index is 1.66. The number of carbonyl (C=O) groups is 2. The van der Waals surface area contributed by atoms with Gasteiger partial charge in [0.1, 0.15) is 6.73 Å². The highest BCUT2D eigenvalue weighted by Crippen LogP contribution is 2.26. The fourth-order valence-electron chi connectivity index (χ4n) is 3.95. The minimum Gasteiger partial charge on any atom is -0.345 e. The van der Waals surface area contributed by atoms with Gasteiger partial charge in [0.05, 0.1) is 6.42 Å². The predicted octanol–water partition coefficient (Wildman–Crippen LogP) is 4.00. The van der Waals surface area contributed by atoms with Gasteiger partial charge in [0.15, 0.2) is 5.60 Å². The monoisotopic (exact) mass is 457 g/mol. The van der Waals surface area contributed by atoms with Crippen LogP contribution in [0, 0.1) is 20.8 Å². The van der Waals surface area contributed by atoms with Crippen LogP contribution < -0.4 is 10.6 Å². The van der Waals surface area contributed by atoms with Crippen molar-refractivity contribution in [2.45, 2.75) is 45.6 Å². The quantitative estimate of drug-likeness (QED) is 0.616. The van der Waals surface area contributed by atoms with Crippen molar-refractivity contribution >= 4 is 29.1 Å². The molecule has 0 bridgehead atoms. The largest absolute Gasteiger partial charge is 0.345 e. The van der Waals surface area contributed by atoms with Crippen molar-refractivity contribution in [3.8, 4) is 0 Å². The number of benzene rings is 2. The molecule has 2 aromatic rings. The lowest BCUT2D eigenvalue weighted by Crippen LogP contribution is -2.53. The van der Waals surface area contributed by atoms with Gasteiger partial charge in [0.25, 0.3) is 5.91 Å². The van der Waals surface area contributed by atoms with E-state index in [0.29, 0.717) is 31.0 Å². The second kappa shape index (κ2) is 10.5. The lowest BCUT2D eigenvalue weighted by Gasteiger charge is -2.37. The summed E-state index contributed by atoms with van der Waals surface area (Å²) in [5.74, 6) is -0.241. The van der Waals surface area contributed by atoms with Crippen LogP contribution in [0.2, 0.25) is 5.02 Å². The van der Waals surface area contributed by atoms with Crippen LogP contribution in [0.15, 0.2) is 36.4 Å². The zero-order chi connectivity index (χ0) is 23.3. The standard InChI is InChI=1S/C25H32ClN3O3/c1-17-5-7-21(8-6-17)28-24(31)25(9-11-27-12-10-25)32-16-29(4)23(30)15-22-18(2)13-20(26)14-19(22)3/h5-8,13-14,27H,9-12,15-16H2,1-4H3,(H,28,31). The summed E-state index contributed by atoms with van der Waals surface area (Å²) in [5.41, 5.74) is 3.84. The lowest BCUT2D eigenvalue weighted by atomic mass is 9.91. The summed E-state index contributed by atoms with van der Waals surface area (Å²) in [6.45, 7) is 7.33. The number of hydrogen-bond donors (Lipinski definition) is 2. The normalized spacial score (nSPS) is 15.3. The topological polar surface area (TPSA) is 70.7 Å². The minimum absolute atomic E-state index is 0.0475. The van der Waals surface area contributed by atoms with Gasteiger partial charge in [-0.25, -0.2) is 0 Å². The second-order valence-corrected chi connectivity index (χ2v) is 9.06. The van der Waals surface area contributed by atoms with Gasteiger partial charge in [-0.3, -0.25) is 9.59 Å². The van der Waals surface area contributed by atoms with Crippen molar-refractivity contribution in [2.24, 2.45) is 0 Å². The number of ether oxygens (including phenoxy) is 1. The molecular formula is C25H32ClN3O3. The van der Waals surface area contributed by atoms with Gasteiger partial charge in [-0.2, -0.15) is 0 Å². The number of likely N-dealkylation sites (N-methyl/N-ethyl adjacent to an activating group) is 1. The third-order valence-corrected chi connectivity index (χ3v) is 6.30. The first-order chi connectivity index (χ1) is 15.2. The van der Waals surface area contributed by atoms with E-state index in [2.05, 4.69) is 10.6 Å². The number of halogens is 1. The molecule has 0 atom stereocenters. The maximum atomic E-state index is 13.2. The van der Waals surface area contributed by atoms with Gasteiger partial charge < -0.3 is 20.3 Å². The number of nitrogens with one attached hydrogen (secondary N) is 2. The number of anilines is 1. The summed E-state index contributed by atoms with van der Waals surface area (Å²) in [6, 6.07) is 11.4. The highest BCUT2D eigenvalue weighted by Gasteiger charge is 2.41. The summed E-state index contributed by atoms with van der Waals surface area (Å²) >= 11 is 6.11. The summed E-state index contributed by atoms with van der Waals surface area (Å²) in [4.78, 5) is 27.6. The maximum Gasteiger partial charge on any atom is 0.256 e. The Morgan fingerprint density at radius 1 is 1.09 bits per heavy atom. The average molecular weight is 458 g/mol. The number of carbonyl (C=O) groups excluding carboxylic acids is 2. The number of rotatable bonds is 7. The molecule has 0 spiro atoms. The highest BCUT2D eigenvalue weighted by molar-refractivity contribution is 6.30. The summed E-state index contributed by atoms with van der Waals surface area (Å²) < 4.78 is 6.16. The van der Waals surface area contributed by atoms with Crippen LogP contribution in [0.5, 0.6) is 0 Å². The van der Waals surface area contributed by atoms with Crippen molar-refractivity contribution in [3.63, 3.8) is 0 Å². The molecule has 0 saturated carbocycles. The van der Waals surface area contributed by atoms with E-state index in [9.17, 15) is 9.59 Å². The van der Waals surface area contributed by atoms with Gasteiger partial charge in [-0.1, -0.05) is 29.3 Å². The van der Waals surface area contributed by atoms with Crippen LogP contribution in [0.25, 0.3) is 0 Å². The highest BCUT2D eigenvalue weighted by atomic mass is 35.5. The van der Waals surface area contributed by atoms with Gasteiger partial charge >= 0.3 is 0 Å². The first kappa shape index (κ1) is 24.2. The molecule has 0 aliphatic carbocycles. The molecule has 1 aliphatic heterocycles. The Labute approximate surface area is 195 Å². The Morgan fingerprint density at radius 2 is 1.69 bits per heavy atom. The second-order valence-electron chi connectivity index (χ2n) is 8.62. The Morgan fingerprint density at radius 3 is 2.28 bits per heavy atom. The molecular weight excluding hydrogens is 426 g/mol. The Kier molecular flexibility index (Phi) is 7.93. The Hall–Kier alpha value is -2.41. The lowest BCUT2D eigenvalue weighted by molar-refractivity contribution is -0.159. The molecule has 2 aromatic carbocycles. The van der Waals surface area contributed by atoms with Crippen molar-refractivity contribution in [3.05, 3.63) is 63.7 Å². The maximum absolute atomic E-state index is 13.2. The molecule has 2 N–H and O–H groups in total. The molecule has 172 valence electrons. The van der Waals surface area contributed by atoms with Crippen molar-refractivity contribution in [1.29, 1.82) is 0 Å². The summed E-state index contributed by atoms with van der Waals surface area (Å²) in [6.07, 6.45) is 1.35.